The number of halogens is 1. The molecule has 1 rings (SSSR count). The molecule has 0 spiro atoms. The van der Waals surface area contributed by atoms with Crippen LogP contribution in [0.2, 0.25) is 0 Å². The van der Waals surface area contributed by atoms with Gasteiger partial charge in [-0.3, -0.25) is 0 Å². The lowest BCUT2D eigenvalue weighted by molar-refractivity contribution is 0.281. The number of hydrogen-bond donors (Lipinski definition) is 3. The molecule has 0 saturated carbocycles. The smallest absolute Gasteiger partial charge is 0.0630 e. The lowest BCUT2D eigenvalue weighted by Gasteiger charge is -2.14. The van der Waals surface area contributed by atoms with Gasteiger partial charge < -0.3 is 16.2 Å². The van der Waals surface area contributed by atoms with E-state index in [0.29, 0.717) is 5.69 Å². The van der Waals surface area contributed by atoms with E-state index in [4.69, 9.17) is 10.8 Å². The van der Waals surface area contributed by atoms with Crippen LogP contribution in [0.5, 0.6) is 0 Å². The molecule has 4 heteroatoms. The minimum Gasteiger partial charge on any atom is -0.397 e. The fraction of sp³-hybridized carbons (Fsp3) is 0.333. The molecule has 3 nitrogen and oxygen atoms in total. The van der Waals surface area contributed by atoms with Crippen LogP contribution in [0.1, 0.15) is 6.92 Å². The third-order valence-electron chi connectivity index (χ3n) is 1.69. The first-order chi connectivity index (χ1) is 6.13. The van der Waals surface area contributed by atoms with Crippen molar-refractivity contribution in [2.75, 3.05) is 17.7 Å². The third kappa shape index (κ3) is 2.90. The number of nitrogens with one attached hydrogen (secondary N) is 1. The maximum absolute atomic E-state index is 8.84. The van der Waals surface area contributed by atoms with E-state index in [2.05, 4.69) is 21.2 Å². The van der Waals surface area contributed by atoms with Crippen LogP contribution >= 0.6 is 15.9 Å². The number of hydrogen-bond acceptors (Lipinski definition) is 3. The van der Waals surface area contributed by atoms with Crippen molar-refractivity contribution in [3.63, 3.8) is 0 Å². The van der Waals surface area contributed by atoms with Gasteiger partial charge in [0.25, 0.3) is 0 Å². The summed E-state index contributed by atoms with van der Waals surface area (Å²) in [5.74, 6) is 0. The number of aliphatic hydroxyl groups is 1. The topological polar surface area (TPSA) is 58.3 Å². The first kappa shape index (κ1) is 10.3. The lowest BCUT2D eigenvalue weighted by atomic mass is 10.2. The molecule has 1 unspecified atom stereocenters. The van der Waals surface area contributed by atoms with Gasteiger partial charge in [-0.2, -0.15) is 0 Å². The zero-order valence-corrected chi connectivity index (χ0v) is 9.01. The molecule has 13 heavy (non-hydrogen) atoms. The summed E-state index contributed by atoms with van der Waals surface area (Å²) in [5, 5.41) is 11.9. The highest BCUT2D eigenvalue weighted by molar-refractivity contribution is 9.10. The summed E-state index contributed by atoms with van der Waals surface area (Å²) in [6, 6.07) is 5.60. The van der Waals surface area contributed by atoms with E-state index in [-0.39, 0.29) is 12.6 Å². The predicted molar refractivity (Wildman–Crippen MR) is 58.7 cm³/mol. The molecule has 0 aliphatic carbocycles. The number of nitrogen functional groups attached to an aromatic ring is 1. The maximum atomic E-state index is 8.84. The Balaban J connectivity index is 2.81. The Morgan fingerprint density at radius 1 is 1.62 bits per heavy atom. The highest BCUT2D eigenvalue weighted by Gasteiger charge is 2.03. The Morgan fingerprint density at radius 3 is 2.92 bits per heavy atom. The lowest BCUT2D eigenvalue weighted by Crippen LogP contribution is -2.19. The normalized spacial score (nSPS) is 12.5. The Kier molecular flexibility index (Phi) is 3.57. The van der Waals surface area contributed by atoms with Crippen molar-refractivity contribution in [3.8, 4) is 0 Å². The summed E-state index contributed by atoms with van der Waals surface area (Å²) in [6.45, 7) is 1.98. The molecule has 0 amide bonds. The van der Waals surface area contributed by atoms with E-state index >= 15 is 0 Å². The standard InChI is InChI=1S/C9H13BrN2O/c1-6(5-13)12-9-4-7(10)2-3-8(9)11/h2-4,6,12-13H,5,11H2,1H3. The first-order valence-corrected chi connectivity index (χ1v) is 4.85. The molecule has 0 aliphatic rings. The minimum atomic E-state index is 0.0107. The van der Waals surface area contributed by atoms with E-state index in [1.54, 1.807) is 0 Å². The maximum Gasteiger partial charge on any atom is 0.0630 e. The van der Waals surface area contributed by atoms with Gasteiger partial charge in [0.1, 0.15) is 0 Å². The summed E-state index contributed by atoms with van der Waals surface area (Å²) in [7, 11) is 0. The second-order valence-electron chi connectivity index (χ2n) is 2.96. The molecule has 0 radical (unpaired) electrons. The molecule has 0 fully saturated rings. The molecule has 0 aliphatic heterocycles. The fourth-order valence-electron chi connectivity index (χ4n) is 0.965. The van der Waals surface area contributed by atoms with Crippen molar-refractivity contribution in [1.82, 2.24) is 0 Å². The van der Waals surface area contributed by atoms with Crippen molar-refractivity contribution < 1.29 is 5.11 Å². The van der Waals surface area contributed by atoms with Crippen LogP contribution in [0.4, 0.5) is 11.4 Å². The quantitative estimate of drug-likeness (QED) is 0.712. The Labute approximate surface area is 86.1 Å². The van der Waals surface area contributed by atoms with Crippen molar-refractivity contribution in [2.24, 2.45) is 0 Å². The van der Waals surface area contributed by atoms with E-state index < -0.39 is 0 Å². The Bertz CT molecular complexity index is 291. The van der Waals surface area contributed by atoms with Gasteiger partial charge >= 0.3 is 0 Å². The van der Waals surface area contributed by atoms with Crippen molar-refractivity contribution in [3.05, 3.63) is 22.7 Å². The highest BCUT2D eigenvalue weighted by Crippen LogP contribution is 2.23. The van der Waals surface area contributed by atoms with Crippen molar-refractivity contribution in [2.45, 2.75) is 13.0 Å². The molecule has 72 valence electrons. The minimum absolute atomic E-state index is 0.0107. The summed E-state index contributed by atoms with van der Waals surface area (Å²) in [4.78, 5) is 0. The molecule has 0 aromatic heterocycles. The van der Waals surface area contributed by atoms with Crippen LogP contribution < -0.4 is 11.1 Å². The average molecular weight is 245 g/mol. The highest BCUT2D eigenvalue weighted by atomic mass is 79.9. The number of benzene rings is 1. The van der Waals surface area contributed by atoms with Gasteiger partial charge in [-0.15, -0.1) is 0 Å². The number of anilines is 2. The molecule has 0 heterocycles. The first-order valence-electron chi connectivity index (χ1n) is 4.06. The molecule has 1 aromatic carbocycles. The summed E-state index contributed by atoms with van der Waals surface area (Å²) >= 11 is 3.35. The Morgan fingerprint density at radius 2 is 2.31 bits per heavy atom. The van der Waals surface area contributed by atoms with Crippen molar-refractivity contribution in [1.29, 1.82) is 0 Å². The van der Waals surface area contributed by atoms with Crippen LogP contribution in [0.25, 0.3) is 0 Å². The summed E-state index contributed by atoms with van der Waals surface area (Å²) in [6.07, 6.45) is 0. The zero-order chi connectivity index (χ0) is 9.84. The second-order valence-corrected chi connectivity index (χ2v) is 3.88. The van der Waals surface area contributed by atoms with Gasteiger partial charge in [-0.05, 0) is 25.1 Å². The SMILES string of the molecule is CC(CO)Nc1cc(Br)ccc1N. The van der Waals surface area contributed by atoms with Gasteiger partial charge in [0.2, 0.25) is 0 Å². The van der Waals surface area contributed by atoms with Crippen LogP contribution in [0.15, 0.2) is 22.7 Å². The van der Waals surface area contributed by atoms with Gasteiger partial charge in [-0.25, -0.2) is 0 Å². The third-order valence-corrected chi connectivity index (χ3v) is 2.18. The number of rotatable bonds is 3. The molecule has 4 N–H and O–H groups in total. The molecule has 1 atom stereocenters. The fourth-order valence-corrected chi connectivity index (χ4v) is 1.33. The van der Waals surface area contributed by atoms with E-state index in [1.165, 1.54) is 0 Å². The van der Waals surface area contributed by atoms with E-state index in [1.807, 2.05) is 25.1 Å². The van der Waals surface area contributed by atoms with Gasteiger partial charge in [0, 0.05) is 10.5 Å². The van der Waals surface area contributed by atoms with E-state index in [9.17, 15) is 0 Å². The van der Waals surface area contributed by atoms with E-state index in [0.717, 1.165) is 10.2 Å². The largest absolute Gasteiger partial charge is 0.397 e. The van der Waals surface area contributed by atoms with Crippen LogP contribution in [0, 0.1) is 0 Å². The Hall–Kier alpha value is -0.740. The molecular weight excluding hydrogens is 232 g/mol. The monoisotopic (exact) mass is 244 g/mol. The zero-order valence-electron chi connectivity index (χ0n) is 7.42. The van der Waals surface area contributed by atoms with Crippen LogP contribution in [0.3, 0.4) is 0 Å². The van der Waals surface area contributed by atoms with Gasteiger partial charge in [-0.1, -0.05) is 15.9 Å². The molecular formula is C9H13BrN2O. The number of aliphatic hydroxyl groups excluding tert-OH is 1. The second kappa shape index (κ2) is 4.48. The molecule has 1 aromatic rings. The predicted octanol–water partition coefficient (Wildman–Crippen LogP) is 1.82. The van der Waals surface area contributed by atoms with Crippen LogP contribution in [-0.4, -0.2) is 17.8 Å². The summed E-state index contributed by atoms with van der Waals surface area (Å²) < 4.78 is 0.967. The van der Waals surface area contributed by atoms with Crippen LogP contribution in [-0.2, 0) is 0 Å². The molecule has 0 bridgehead atoms. The average Bonchev–Trinajstić information content (AvgIpc) is 2.11. The van der Waals surface area contributed by atoms with Gasteiger partial charge in [0.05, 0.1) is 18.0 Å². The summed E-state index contributed by atoms with van der Waals surface area (Å²) in [5.41, 5.74) is 7.25. The van der Waals surface area contributed by atoms with Gasteiger partial charge in [0.15, 0.2) is 0 Å². The number of nitrogens with two attached hydrogens (primary N) is 1. The van der Waals surface area contributed by atoms with Crippen molar-refractivity contribution >= 4 is 27.3 Å². The molecule has 0 saturated heterocycles.